The van der Waals surface area contributed by atoms with Gasteiger partial charge in [0.1, 0.15) is 17.7 Å². The van der Waals surface area contributed by atoms with E-state index in [9.17, 15) is 0 Å². The number of nitriles is 1. The van der Waals surface area contributed by atoms with Crippen molar-refractivity contribution in [3.8, 4) is 17.5 Å². The molecule has 0 spiro atoms. The number of aromatic nitrogens is 2. The Kier molecular flexibility index (Phi) is 3.07. The first-order valence-electron chi connectivity index (χ1n) is 6.18. The minimum atomic E-state index is 0.122. The molecule has 4 heteroatoms. The molecule has 0 bridgehead atoms. The number of hydrogen-bond donors (Lipinski definition) is 1. The van der Waals surface area contributed by atoms with Crippen LogP contribution in [0.15, 0.2) is 24.3 Å². The molecule has 0 saturated carbocycles. The van der Waals surface area contributed by atoms with Crippen molar-refractivity contribution >= 4 is 5.82 Å². The molecule has 0 radical (unpaired) electrons. The van der Waals surface area contributed by atoms with Crippen molar-refractivity contribution in [3.05, 3.63) is 35.5 Å². The topological polar surface area (TPSA) is 67.6 Å². The highest BCUT2D eigenvalue weighted by molar-refractivity contribution is 5.62. The zero-order valence-corrected chi connectivity index (χ0v) is 11.7. The second-order valence-corrected chi connectivity index (χ2v) is 5.67. The number of benzene rings is 1. The number of rotatable bonds is 1. The summed E-state index contributed by atoms with van der Waals surface area (Å²) in [5, 5.41) is 8.95. The van der Waals surface area contributed by atoms with Crippen LogP contribution in [-0.4, -0.2) is 9.55 Å². The fourth-order valence-corrected chi connectivity index (χ4v) is 1.97. The van der Waals surface area contributed by atoms with Crippen LogP contribution < -0.4 is 5.73 Å². The number of imidazole rings is 1. The molecular weight excluding hydrogens is 236 g/mol. The fourth-order valence-electron chi connectivity index (χ4n) is 1.97. The van der Waals surface area contributed by atoms with Crippen LogP contribution in [0.25, 0.3) is 11.4 Å². The van der Waals surface area contributed by atoms with Crippen LogP contribution in [0.1, 0.15) is 32.0 Å². The third-order valence-electron chi connectivity index (χ3n) is 3.25. The summed E-state index contributed by atoms with van der Waals surface area (Å²) in [4.78, 5) is 4.27. The first kappa shape index (κ1) is 13.2. The molecule has 0 unspecified atom stereocenters. The van der Waals surface area contributed by atoms with Crippen molar-refractivity contribution in [2.75, 3.05) is 5.73 Å². The normalized spacial score (nSPS) is 11.3. The van der Waals surface area contributed by atoms with Gasteiger partial charge in [0, 0.05) is 12.6 Å². The first-order valence-corrected chi connectivity index (χ1v) is 6.18. The van der Waals surface area contributed by atoms with E-state index in [2.05, 4.69) is 37.9 Å². The van der Waals surface area contributed by atoms with Crippen LogP contribution in [0.4, 0.5) is 5.82 Å². The minimum absolute atomic E-state index is 0.122. The molecule has 2 aromatic rings. The van der Waals surface area contributed by atoms with E-state index in [0.717, 1.165) is 11.4 Å². The second kappa shape index (κ2) is 4.43. The van der Waals surface area contributed by atoms with Gasteiger partial charge in [-0.25, -0.2) is 4.98 Å². The smallest absolute Gasteiger partial charge is 0.183 e. The highest BCUT2D eigenvalue weighted by Gasteiger charge is 2.16. The van der Waals surface area contributed by atoms with Gasteiger partial charge in [0.2, 0.25) is 0 Å². The van der Waals surface area contributed by atoms with E-state index in [1.54, 1.807) is 4.57 Å². The molecule has 4 nitrogen and oxygen atoms in total. The molecule has 0 atom stereocenters. The number of nitrogens with zero attached hydrogens (tertiary/aromatic N) is 3. The van der Waals surface area contributed by atoms with E-state index in [1.807, 2.05) is 25.2 Å². The lowest BCUT2D eigenvalue weighted by Gasteiger charge is -2.19. The number of hydrogen-bond acceptors (Lipinski definition) is 3. The molecule has 1 aromatic heterocycles. The highest BCUT2D eigenvalue weighted by atomic mass is 15.1. The first-order chi connectivity index (χ1) is 8.84. The maximum absolute atomic E-state index is 8.95. The molecule has 1 heterocycles. The van der Waals surface area contributed by atoms with E-state index >= 15 is 0 Å². The summed E-state index contributed by atoms with van der Waals surface area (Å²) in [5.74, 6) is 1.12. The van der Waals surface area contributed by atoms with Gasteiger partial charge in [-0.2, -0.15) is 5.26 Å². The monoisotopic (exact) mass is 254 g/mol. The minimum Gasteiger partial charge on any atom is -0.383 e. The van der Waals surface area contributed by atoms with E-state index in [1.165, 1.54) is 5.56 Å². The Hall–Kier alpha value is -2.28. The Morgan fingerprint density at radius 3 is 2.21 bits per heavy atom. The Balaban J connectivity index is 2.47. The summed E-state index contributed by atoms with van der Waals surface area (Å²) in [5.41, 5.74) is 8.45. The summed E-state index contributed by atoms with van der Waals surface area (Å²) >= 11 is 0. The van der Waals surface area contributed by atoms with Crippen molar-refractivity contribution in [1.82, 2.24) is 9.55 Å². The molecule has 2 N–H and O–H groups in total. The van der Waals surface area contributed by atoms with Crippen LogP contribution in [0, 0.1) is 11.3 Å². The molecule has 98 valence electrons. The third kappa shape index (κ3) is 2.32. The fraction of sp³-hybridized carbons (Fsp3) is 0.333. The molecule has 0 aliphatic carbocycles. The molecule has 19 heavy (non-hydrogen) atoms. The molecule has 1 aromatic carbocycles. The number of nitrogens with two attached hydrogens (primary N) is 1. The molecule has 0 saturated heterocycles. The van der Waals surface area contributed by atoms with Crippen LogP contribution in [0.2, 0.25) is 0 Å². The largest absolute Gasteiger partial charge is 0.383 e. The average Bonchev–Trinajstić information content (AvgIpc) is 2.65. The molecule has 2 rings (SSSR count). The molecule has 0 fully saturated rings. The van der Waals surface area contributed by atoms with Crippen LogP contribution in [-0.2, 0) is 12.5 Å². The van der Waals surface area contributed by atoms with Gasteiger partial charge < -0.3 is 10.3 Å². The summed E-state index contributed by atoms with van der Waals surface area (Å²) in [7, 11) is 1.82. The number of anilines is 1. The van der Waals surface area contributed by atoms with Gasteiger partial charge in [-0.15, -0.1) is 0 Å². The van der Waals surface area contributed by atoms with E-state index in [0.29, 0.717) is 5.82 Å². The third-order valence-corrected chi connectivity index (χ3v) is 3.25. The van der Waals surface area contributed by atoms with Gasteiger partial charge >= 0.3 is 0 Å². The number of nitrogen functional groups attached to an aromatic ring is 1. The van der Waals surface area contributed by atoms with Gasteiger partial charge in [-0.3, -0.25) is 0 Å². The average molecular weight is 254 g/mol. The highest BCUT2D eigenvalue weighted by Crippen LogP contribution is 2.27. The second-order valence-electron chi connectivity index (χ2n) is 5.67. The Morgan fingerprint density at radius 1 is 1.21 bits per heavy atom. The lowest BCUT2D eigenvalue weighted by Crippen LogP contribution is -2.10. The predicted molar refractivity (Wildman–Crippen MR) is 76.5 cm³/mol. The van der Waals surface area contributed by atoms with Crippen LogP contribution in [0.5, 0.6) is 0 Å². The summed E-state index contributed by atoms with van der Waals surface area (Å²) in [6.45, 7) is 6.53. The van der Waals surface area contributed by atoms with Crippen molar-refractivity contribution in [2.45, 2.75) is 26.2 Å². The van der Waals surface area contributed by atoms with Gasteiger partial charge in [0.15, 0.2) is 5.69 Å². The van der Waals surface area contributed by atoms with E-state index in [4.69, 9.17) is 11.0 Å². The van der Waals surface area contributed by atoms with Gasteiger partial charge in [0.25, 0.3) is 0 Å². The van der Waals surface area contributed by atoms with Gasteiger partial charge in [-0.05, 0) is 11.0 Å². The predicted octanol–water partition coefficient (Wildman–Crippen LogP) is 2.84. The van der Waals surface area contributed by atoms with Crippen molar-refractivity contribution in [3.63, 3.8) is 0 Å². The SMILES string of the molecule is Cn1c(-c2ccc(C(C)(C)C)cc2)nc(C#N)c1N. The molecule has 0 aliphatic heterocycles. The van der Waals surface area contributed by atoms with Crippen LogP contribution >= 0.6 is 0 Å². The maximum atomic E-state index is 8.95. The molecular formula is C15H18N4. The Bertz CT molecular complexity index is 637. The lowest BCUT2D eigenvalue weighted by atomic mass is 9.87. The zero-order valence-electron chi connectivity index (χ0n) is 11.7. The van der Waals surface area contributed by atoms with E-state index in [-0.39, 0.29) is 11.1 Å². The molecule has 0 aliphatic rings. The maximum Gasteiger partial charge on any atom is 0.183 e. The Labute approximate surface area is 113 Å². The van der Waals surface area contributed by atoms with Crippen LogP contribution in [0.3, 0.4) is 0 Å². The molecule has 0 amide bonds. The van der Waals surface area contributed by atoms with Gasteiger partial charge in [0.05, 0.1) is 0 Å². The van der Waals surface area contributed by atoms with E-state index < -0.39 is 0 Å². The van der Waals surface area contributed by atoms with Crippen molar-refractivity contribution < 1.29 is 0 Å². The summed E-state index contributed by atoms with van der Waals surface area (Å²) in [6.07, 6.45) is 0. The Morgan fingerprint density at radius 2 is 1.79 bits per heavy atom. The zero-order chi connectivity index (χ0) is 14.2. The summed E-state index contributed by atoms with van der Waals surface area (Å²) in [6, 6.07) is 10.2. The van der Waals surface area contributed by atoms with Gasteiger partial charge in [-0.1, -0.05) is 45.0 Å². The quantitative estimate of drug-likeness (QED) is 0.850. The lowest BCUT2D eigenvalue weighted by molar-refractivity contribution is 0.590. The van der Waals surface area contributed by atoms with Crippen molar-refractivity contribution in [2.24, 2.45) is 7.05 Å². The van der Waals surface area contributed by atoms with Crippen molar-refractivity contribution in [1.29, 1.82) is 5.26 Å². The summed E-state index contributed by atoms with van der Waals surface area (Å²) < 4.78 is 1.74. The standard InChI is InChI=1S/C15H18N4/c1-15(2,3)11-7-5-10(6-8-11)14-18-12(9-16)13(17)19(14)4/h5-8H,17H2,1-4H3.